The van der Waals surface area contributed by atoms with Crippen molar-refractivity contribution in [3.05, 3.63) is 45.3 Å². The van der Waals surface area contributed by atoms with E-state index in [4.69, 9.17) is 9.47 Å². The van der Waals surface area contributed by atoms with Crippen LogP contribution < -0.4 is 10.1 Å². The molecular formula is C23H24N2O5S. The van der Waals surface area contributed by atoms with Gasteiger partial charge in [-0.3, -0.25) is 4.79 Å². The van der Waals surface area contributed by atoms with Crippen LogP contribution in [0.1, 0.15) is 46.6 Å². The first-order valence-electron chi connectivity index (χ1n) is 9.99. The van der Waals surface area contributed by atoms with Crippen LogP contribution in [0.3, 0.4) is 0 Å². The molecule has 0 bridgehead atoms. The number of nitrogens with one attached hydrogen (secondary N) is 1. The van der Waals surface area contributed by atoms with Crippen LogP contribution in [-0.2, 0) is 22.4 Å². The molecule has 1 aliphatic rings. The van der Waals surface area contributed by atoms with Crippen LogP contribution in [-0.4, -0.2) is 30.7 Å². The summed E-state index contributed by atoms with van der Waals surface area (Å²) in [6.45, 7) is 4.13. The van der Waals surface area contributed by atoms with Gasteiger partial charge in [0.25, 0.3) is 5.91 Å². The molecule has 1 atom stereocenters. The lowest BCUT2D eigenvalue weighted by Gasteiger charge is -2.18. The van der Waals surface area contributed by atoms with Crippen LogP contribution in [0.2, 0.25) is 0 Å². The Bertz CT molecular complexity index is 1080. The fourth-order valence-corrected chi connectivity index (χ4v) is 4.92. The average molecular weight is 441 g/mol. The smallest absolute Gasteiger partial charge is 0.341 e. The summed E-state index contributed by atoms with van der Waals surface area (Å²) in [4.78, 5) is 26.5. The summed E-state index contributed by atoms with van der Waals surface area (Å²) in [5.41, 5.74) is 1.71. The van der Waals surface area contributed by atoms with Crippen LogP contribution in [0, 0.1) is 17.2 Å². The second-order valence-corrected chi connectivity index (χ2v) is 8.44. The number of thiophene rings is 1. The van der Waals surface area contributed by atoms with Crippen molar-refractivity contribution in [2.75, 3.05) is 19.0 Å². The summed E-state index contributed by atoms with van der Waals surface area (Å²) in [5, 5.41) is 22.4. The molecule has 1 aromatic heterocycles. The zero-order valence-corrected chi connectivity index (χ0v) is 18.5. The van der Waals surface area contributed by atoms with Gasteiger partial charge in [0.1, 0.15) is 16.6 Å². The number of hydrogen-bond donors (Lipinski definition) is 2. The zero-order chi connectivity index (χ0) is 22.5. The van der Waals surface area contributed by atoms with E-state index in [-0.39, 0.29) is 23.7 Å². The van der Waals surface area contributed by atoms with Crippen molar-refractivity contribution in [1.29, 1.82) is 5.26 Å². The van der Waals surface area contributed by atoms with Gasteiger partial charge in [0.15, 0.2) is 11.5 Å². The van der Waals surface area contributed by atoms with E-state index in [0.29, 0.717) is 22.0 Å². The first kappa shape index (κ1) is 22.4. The molecule has 7 nitrogen and oxygen atoms in total. The molecule has 2 N–H and O–H groups in total. The number of rotatable bonds is 6. The number of benzene rings is 1. The van der Waals surface area contributed by atoms with Crippen molar-refractivity contribution >= 4 is 34.3 Å². The van der Waals surface area contributed by atoms with Crippen LogP contribution >= 0.6 is 11.3 Å². The lowest BCUT2D eigenvalue weighted by atomic mass is 9.88. The van der Waals surface area contributed by atoms with Crippen LogP contribution in [0.25, 0.3) is 6.08 Å². The van der Waals surface area contributed by atoms with Crippen LogP contribution in [0.4, 0.5) is 5.00 Å². The van der Waals surface area contributed by atoms with Crippen molar-refractivity contribution in [1.82, 2.24) is 0 Å². The number of phenolic OH excluding ortho intramolecular Hbond substituents is 1. The number of aromatic hydroxyl groups is 1. The number of esters is 1. The molecular weight excluding hydrogens is 416 g/mol. The molecule has 31 heavy (non-hydrogen) atoms. The van der Waals surface area contributed by atoms with Gasteiger partial charge in [-0.1, -0.05) is 13.0 Å². The van der Waals surface area contributed by atoms with Gasteiger partial charge in [-0.15, -0.1) is 11.3 Å². The second kappa shape index (κ2) is 9.67. The van der Waals surface area contributed by atoms with Gasteiger partial charge < -0.3 is 19.9 Å². The highest BCUT2D eigenvalue weighted by atomic mass is 32.1. The lowest BCUT2D eigenvalue weighted by molar-refractivity contribution is -0.112. The maximum Gasteiger partial charge on any atom is 0.341 e. The van der Waals surface area contributed by atoms with Gasteiger partial charge in [-0.2, -0.15) is 5.26 Å². The van der Waals surface area contributed by atoms with Gasteiger partial charge in [-0.25, -0.2) is 4.79 Å². The highest BCUT2D eigenvalue weighted by Crippen LogP contribution is 2.40. The maximum atomic E-state index is 12.9. The Labute approximate surface area is 184 Å². The predicted octanol–water partition coefficient (Wildman–Crippen LogP) is 4.31. The predicted molar refractivity (Wildman–Crippen MR) is 118 cm³/mol. The van der Waals surface area contributed by atoms with E-state index in [1.807, 2.05) is 6.07 Å². The van der Waals surface area contributed by atoms with Crippen molar-refractivity contribution in [2.24, 2.45) is 5.92 Å². The Morgan fingerprint density at radius 2 is 2.19 bits per heavy atom. The largest absolute Gasteiger partial charge is 0.504 e. The van der Waals surface area contributed by atoms with Gasteiger partial charge >= 0.3 is 5.97 Å². The van der Waals surface area contributed by atoms with Gasteiger partial charge in [0.2, 0.25) is 0 Å². The molecule has 1 heterocycles. The third kappa shape index (κ3) is 4.89. The van der Waals surface area contributed by atoms with Gasteiger partial charge in [-0.05, 0) is 61.4 Å². The summed E-state index contributed by atoms with van der Waals surface area (Å²) in [7, 11) is 1.41. The standard InChI is InChI=1S/C23H24N2O5S/c1-4-30-23(28)20-16-7-5-13(2)9-19(16)31-22(20)25-21(27)15(12-24)10-14-6-8-17(26)18(11-14)29-3/h6,8,10-11,13,26H,4-5,7,9H2,1-3H3,(H,25,27)/b15-10+/t13-/m1/s1. The number of nitriles is 1. The molecule has 1 amide bonds. The van der Waals surface area contributed by atoms with Crippen molar-refractivity contribution in [3.63, 3.8) is 0 Å². The van der Waals surface area contributed by atoms with Gasteiger partial charge in [0.05, 0.1) is 19.3 Å². The normalized spacial score (nSPS) is 15.5. The van der Waals surface area contributed by atoms with E-state index in [2.05, 4.69) is 12.2 Å². The Morgan fingerprint density at radius 1 is 1.42 bits per heavy atom. The number of ether oxygens (including phenoxy) is 2. The molecule has 3 rings (SSSR count). The third-order valence-electron chi connectivity index (χ3n) is 5.10. The molecule has 1 aromatic carbocycles. The number of fused-ring (bicyclic) bond motifs is 1. The molecule has 162 valence electrons. The second-order valence-electron chi connectivity index (χ2n) is 7.33. The molecule has 0 saturated heterocycles. The number of phenols is 1. The lowest BCUT2D eigenvalue weighted by Crippen LogP contribution is -2.17. The molecule has 0 unspecified atom stereocenters. The molecule has 0 aliphatic heterocycles. The van der Waals surface area contributed by atoms with Crippen molar-refractivity contribution < 1.29 is 24.2 Å². The number of carbonyl (C=O) groups is 2. The maximum absolute atomic E-state index is 12.9. The fourth-order valence-electron chi connectivity index (χ4n) is 3.53. The Balaban J connectivity index is 1.93. The highest BCUT2D eigenvalue weighted by molar-refractivity contribution is 7.17. The molecule has 0 fully saturated rings. The van der Waals surface area contributed by atoms with E-state index < -0.39 is 11.9 Å². The third-order valence-corrected chi connectivity index (χ3v) is 6.27. The molecule has 8 heteroatoms. The minimum atomic E-state index is -0.619. The SMILES string of the molecule is CCOC(=O)c1c(NC(=O)/C(C#N)=C/c2ccc(O)c(OC)c2)sc2c1CC[C@@H](C)C2. The number of methoxy groups -OCH3 is 1. The minimum Gasteiger partial charge on any atom is -0.504 e. The molecule has 0 spiro atoms. The monoisotopic (exact) mass is 440 g/mol. The number of amides is 1. The quantitative estimate of drug-likeness (QED) is 0.394. The highest BCUT2D eigenvalue weighted by Gasteiger charge is 2.29. The zero-order valence-electron chi connectivity index (χ0n) is 17.7. The van der Waals surface area contributed by atoms with Gasteiger partial charge in [0, 0.05) is 4.88 Å². The van der Waals surface area contributed by atoms with E-state index in [1.54, 1.807) is 13.0 Å². The fraction of sp³-hybridized carbons (Fsp3) is 0.348. The summed E-state index contributed by atoms with van der Waals surface area (Å²) in [6, 6.07) is 6.41. The first-order valence-corrected chi connectivity index (χ1v) is 10.8. The van der Waals surface area contributed by atoms with Crippen LogP contribution in [0.15, 0.2) is 23.8 Å². The summed E-state index contributed by atoms with van der Waals surface area (Å²) >= 11 is 1.37. The minimum absolute atomic E-state index is 0.0416. The van der Waals surface area contributed by atoms with E-state index in [0.717, 1.165) is 29.7 Å². The molecule has 2 aromatic rings. The summed E-state index contributed by atoms with van der Waals surface area (Å²) in [5.74, 6) is -0.387. The molecule has 0 radical (unpaired) electrons. The van der Waals surface area contributed by atoms with Crippen LogP contribution in [0.5, 0.6) is 11.5 Å². The molecule has 0 saturated carbocycles. The summed E-state index contributed by atoms with van der Waals surface area (Å²) < 4.78 is 10.3. The molecule has 1 aliphatic carbocycles. The summed E-state index contributed by atoms with van der Waals surface area (Å²) in [6.07, 6.45) is 3.97. The first-order chi connectivity index (χ1) is 14.9. The van der Waals surface area contributed by atoms with E-state index >= 15 is 0 Å². The Hall–Kier alpha value is -3.31. The average Bonchev–Trinajstić information content (AvgIpc) is 3.09. The number of nitrogens with zero attached hydrogens (tertiary/aromatic N) is 1. The van der Waals surface area contributed by atoms with Crippen molar-refractivity contribution in [3.8, 4) is 17.6 Å². The number of carbonyl (C=O) groups excluding carboxylic acids is 2. The topological polar surface area (TPSA) is 109 Å². The Morgan fingerprint density at radius 3 is 2.87 bits per heavy atom. The van der Waals surface area contributed by atoms with Crippen molar-refractivity contribution in [2.45, 2.75) is 33.1 Å². The number of anilines is 1. The van der Waals surface area contributed by atoms with E-state index in [1.165, 1.54) is 36.7 Å². The van der Waals surface area contributed by atoms with E-state index in [9.17, 15) is 20.0 Å². The Kier molecular flexibility index (Phi) is 6.98. The number of hydrogen-bond acceptors (Lipinski definition) is 7.